The minimum Gasteiger partial charge on any atom is -0.469 e. The monoisotopic (exact) mass is 281 g/mol. The highest BCUT2D eigenvalue weighted by Crippen LogP contribution is 2.12. The number of hydrogen-bond donors (Lipinski definition) is 1. The second-order valence-corrected chi connectivity index (χ2v) is 5.07. The fraction of sp³-hybridized carbons (Fsp3) is 0.562. The van der Waals surface area contributed by atoms with E-state index in [1.807, 2.05) is 6.07 Å². The summed E-state index contributed by atoms with van der Waals surface area (Å²) in [6.07, 6.45) is 3.20. The lowest BCUT2D eigenvalue weighted by molar-refractivity contribution is -0.141. The molecule has 1 unspecified atom stereocenters. The number of methoxy groups -OCH3 is 1. The number of benzene rings is 1. The van der Waals surface area contributed by atoms with Crippen LogP contribution in [0, 0.1) is 12.7 Å². The Morgan fingerprint density at radius 2 is 2.20 bits per heavy atom. The van der Waals surface area contributed by atoms with Gasteiger partial charge in [0.05, 0.1) is 13.5 Å². The lowest BCUT2D eigenvalue weighted by atomic mass is 10.0. The summed E-state index contributed by atoms with van der Waals surface area (Å²) in [5, 5.41) is 3.37. The molecule has 1 atom stereocenters. The molecule has 3 nitrogen and oxygen atoms in total. The van der Waals surface area contributed by atoms with Gasteiger partial charge in [-0.2, -0.15) is 0 Å². The third-order valence-electron chi connectivity index (χ3n) is 3.31. The van der Waals surface area contributed by atoms with Gasteiger partial charge in [-0.1, -0.05) is 25.5 Å². The summed E-state index contributed by atoms with van der Waals surface area (Å²) >= 11 is 0. The van der Waals surface area contributed by atoms with Crippen LogP contribution in [0.2, 0.25) is 0 Å². The fourth-order valence-corrected chi connectivity index (χ4v) is 2.10. The molecule has 0 aliphatic carbocycles. The molecule has 0 aliphatic heterocycles. The molecule has 0 saturated heterocycles. The van der Waals surface area contributed by atoms with Gasteiger partial charge in [-0.15, -0.1) is 0 Å². The highest BCUT2D eigenvalue weighted by Gasteiger charge is 2.14. The molecule has 0 amide bonds. The molecule has 0 radical (unpaired) electrons. The summed E-state index contributed by atoms with van der Waals surface area (Å²) in [7, 11) is 1.40. The van der Waals surface area contributed by atoms with Crippen LogP contribution in [0.15, 0.2) is 18.2 Å². The number of hydrogen-bond acceptors (Lipinski definition) is 3. The fourth-order valence-electron chi connectivity index (χ4n) is 2.10. The average Bonchev–Trinajstić information content (AvgIpc) is 2.43. The standard InChI is InChI=1S/C16H24FNO2/c1-4-5-8-18-14(11-16(19)20-3)10-13-6-7-15(17)12(2)9-13/h6-7,9,14,18H,4-5,8,10-11H2,1-3H3. The first-order valence-corrected chi connectivity index (χ1v) is 7.12. The molecule has 0 saturated carbocycles. The molecule has 0 heterocycles. The molecule has 4 heteroatoms. The van der Waals surface area contributed by atoms with E-state index in [1.54, 1.807) is 13.0 Å². The smallest absolute Gasteiger partial charge is 0.307 e. The molecule has 0 aromatic heterocycles. The molecule has 1 rings (SSSR count). The van der Waals surface area contributed by atoms with Gasteiger partial charge in [-0.3, -0.25) is 4.79 Å². The molecule has 0 bridgehead atoms. The van der Waals surface area contributed by atoms with E-state index in [9.17, 15) is 9.18 Å². The van der Waals surface area contributed by atoms with Gasteiger partial charge < -0.3 is 10.1 Å². The zero-order chi connectivity index (χ0) is 15.0. The average molecular weight is 281 g/mol. The summed E-state index contributed by atoms with van der Waals surface area (Å²) in [6.45, 7) is 4.75. The topological polar surface area (TPSA) is 38.3 Å². The van der Waals surface area contributed by atoms with Crippen LogP contribution in [0.5, 0.6) is 0 Å². The Labute approximate surface area is 120 Å². The molecule has 1 aromatic rings. The van der Waals surface area contributed by atoms with Crippen molar-refractivity contribution in [3.63, 3.8) is 0 Å². The summed E-state index contributed by atoms with van der Waals surface area (Å²) in [4.78, 5) is 11.4. The van der Waals surface area contributed by atoms with E-state index in [0.717, 1.165) is 24.9 Å². The molecule has 112 valence electrons. The highest BCUT2D eigenvalue weighted by atomic mass is 19.1. The van der Waals surface area contributed by atoms with Crippen LogP contribution in [0.25, 0.3) is 0 Å². The Bertz CT molecular complexity index is 434. The Kier molecular flexibility index (Phi) is 7.23. The number of carbonyl (C=O) groups is 1. The molecule has 0 fully saturated rings. The minimum atomic E-state index is -0.224. The zero-order valence-corrected chi connectivity index (χ0v) is 12.5. The van der Waals surface area contributed by atoms with Crippen LogP contribution in [0.4, 0.5) is 4.39 Å². The van der Waals surface area contributed by atoms with Crippen LogP contribution >= 0.6 is 0 Å². The van der Waals surface area contributed by atoms with Gasteiger partial charge in [0.2, 0.25) is 0 Å². The summed E-state index contributed by atoms with van der Waals surface area (Å²) in [5.74, 6) is -0.421. The van der Waals surface area contributed by atoms with Crippen molar-refractivity contribution >= 4 is 5.97 Å². The predicted octanol–water partition coefficient (Wildman–Crippen LogP) is 3.00. The van der Waals surface area contributed by atoms with Gasteiger partial charge in [0.15, 0.2) is 0 Å². The van der Waals surface area contributed by atoms with Crippen molar-refractivity contribution in [2.45, 2.75) is 45.6 Å². The van der Waals surface area contributed by atoms with Crippen molar-refractivity contribution in [3.8, 4) is 0 Å². The first kappa shape index (κ1) is 16.6. The van der Waals surface area contributed by atoms with Gasteiger partial charge in [0, 0.05) is 6.04 Å². The number of esters is 1. The lowest BCUT2D eigenvalue weighted by Crippen LogP contribution is -2.34. The number of unbranched alkanes of at least 4 members (excludes halogenated alkanes) is 1. The van der Waals surface area contributed by atoms with Crippen LogP contribution in [0.1, 0.15) is 37.3 Å². The van der Waals surface area contributed by atoms with Gasteiger partial charge >= 0.3 is 5.97 Å². The maximum absolute atomic E-state index is 13.3. The number of ether oxygens (including phenoxy) is 1. The van der Waals surface area contributed by atoms with Crippen molar-refractivity contribution < 1.29 is 13.9 Å². The maximum Gasteiger partial charge on any atom is 0.307 e. The lowest BCUT2D eigenvalue weighted by Gasteiger charge is -2.18. The first-order valence-electron chi connectivity index (χ1n) is 7.12. The Hall–Kier alpha value is -1.42. The molecule has 1 aromatic carbocycles. The normalized spacial score (nSPS) is 12.2. The molecule has 0 aliphatic rings. The van der Waals surface area contributed by atoms with Gasteiger partial charge in [0.1, 0.15) is 5.82 Å². The van der Waals surface area contributed by atoms with Crippen molar-refractivity contribution in [1.29, 1.82) is 0 Å². The highest BCUT2D eigenvalue weighted by molar-refractivity contribution is 5.70. The largest absolute Gasteiger partial charge is 0.469 e. The van der Waals surface area contributed by atoms with E-state index in [2.05, 4.69) is 12.2 Å². The third kappa shape index (κ3) is 5.70. The van der Waals surface area contributed by atoms with E-state index < -0.39 is 0 Å². The van der Waals surface area contributed by atoms with E-state index in [-0.39, 0.29) is 17.8 Å². The molecular formula is C16H24FNO2. The second kappa shape index (κ2) is 8.69. The van der Waals surface area contributed by atoms with Gasteiger partial charge in [0.25, 0.3) is 0 Å². The molecule has 0 spiro atoms. The zero-order valence-electron chi connectivity index (χ0n) is 12.5. The summed E-state index contributed by atoms with van der Waals surface area (Å²) in [5.41, 5.74) is 1.66. The van der Waals surface area contributed by atoms with Gasteiger partial charge in [-0.25, -0.2) is 4.39 Å². The van der Waals surface area contributed by atoms with E-state index in [1.165, 1.54) is 13.2 Å². The second-order valence-electron chi connectivity index (χ2n) is 5.07. The number of halogens is 1. The third-order valence-corrected chi connectivity index (χ3v) is 3.31. The maximum atomic E-state index is 13.3. The SMILES string of the molecule is CCCCNC(CC(=O)OC)Cc1ccc(F)c(C)c1. The number of aryl methyl sites for hydroxylation is 1. The number of rotatable bonds is 8. The van der Waals surface area contributed by atoms with E-state index in [0.29, 0.717) is 18.4 Å². The quantitative estimate of drug-likeness (QED) is 0.588. The van der Waals surface area contributed by atoms with Gasteiger partial charge in [-0.05, 0) is 43.5 Å². The summed E-state index contributed by atoms with van der Waals surface area (Å²) < 4.78 is 18.0. The van der Waals surface area contributed by atoms with E-state index >= 15 is 0 Å². The minimum absolute atomic E-state index is 0.0267. The van der Waals surface area contributed by atoms with Crippen molar-refractivity contribution in [3.05, 3.63) is 35.1 Å². The first-order chi connectivity index (χ1) is 9.56. The van der Waals surface area contributed by atoms with Crippen molar-refractivity contribution in [2.75, 3.05) is 13.7 Å². The van der Waals surface area contributed by atoms with Crippen LogP contribution in [-0.4, -0.2) is 25.7 Å². The number of carbonyl (C=O) groups excluding carboxylic acids is 1. The van der Waals surface area contributed by atoms with Crippen LogP contribution in [0.3, 0.4) is 0 Å². The van der Waals surface area contributed by atoms with Crippen molar-refractivity contribution in [2.24, 2.45) is 0 Å². The van der Waals surface area contributed by atoms with Crippen LogP contribution < -0.4 is 5.32 Å². The van der Waals surface area contributed by atoms with E-state index in [4.69, 9.17) is 4.74 Å². The molecule has 20 heavy (non-hydrogen) atoms. The molecular weight excluding hydrogens is 257 g/mol. The van der Waals surface area contributed by atoms with Crippen molar-refractivity contribution in [1.82, 2.24) is 5.32 Å². The predicted molar refractivity (Wildman–Crippen MR) is 78.2 cm³/mol. The molecule has 1 N–H and O–H groups in total. The Morgan fingerprint density at radius 3 is 2.80 bits per heavy atom. The number of nitrogens with one attached hydrogen (secondary N) is 1. The Balaban J connectivity index is 2.66. The summed E-state index contributed by atoms with van der Waals surface area (Å²) in [6, 6.07) is 5.11. The Morgan fingerprint density at radius 1 is 1.45 bits per heavy atom. The van der Waals surface area contributed by atoms with Crippen LogP contribution in [-0.2, 0) is 16.0 Å².